The van der Waals surface area contributed by atoms with Crippen LogP contribution in [0, 0.1) is 11.8 Å². The van der Waals surface area contributed by atoms with E-state index in [9.17, 15) is 25.2 Å². The summed E-state index contributed by atoms with van der Waals surface area (Å²) in [5, 5.41) is 41.3. The maximum atomic E-state index is 13.5. The van der Waals surface area contributed by atoms with Crippen LogP contribution in [0.15, 0.2) is 24.3 Å². The minimum atomic E-state index is -2.41. The van der Waals surface area contributed by atoms with Gasteiger partial charge < -0.3 is 43.8 Å². The van der Waals surface area contributed by atoms with Crippen LogP contribution in [0.25, 0.3) is 0 Å². The fourth-order valence-corrected chi connectivity index (χ4v) is 7.20. The number of hydrogen-bond donors (Lipinski definition) is 4. The molecular formula is C31H44O10Si. The number of aliphatic hydroxyl groups excluding tert-OH is 4. The standard InChI is InChI=1S/C31H44O10Si/c1-31(2,3)42(7,8)41-28-20-12-18(23(35)14-33)17(22(34)13-32)11-19(20)26(27-21(28)15-40-30(27)36)16-9-24(37-4)29(39-6)25(10-16)38-5/h9-12,21-23,26-28,32-35H,13-15H2,1-8H3/t21-,22?,23?,26+,27-,28-/m0/s1. The quantitative estimate of drug-likeness (QED) is 0.234. The second-order valence-corrected chi connectivity index (χ2v) is 17.3. The predicted octanol–water partition coefficient (Wildman–Crippen LogP) is 3.76. The zero-order valence-electron chi connectivity index (χ0n) is 25.6. The first-order valence-corrected chi connectivity index (χ1v) is 17.0. The van der Waals surface area contributed by atoms with Gasteiger partial charge >= 0.3 is 5.97 Å². The summed E-state index contributed by atoms with van der Waals surface area (Å²) in [5.74, 6) is -0.686. The number of cyclic esters (lactones) is 1. The smallest absolute Gasteiger partial charge is 0.310 e. The molecule has 2 aliphatic rings. The van der Waals surface area contributed by atoms with Crippen LogP contribution in [0.2, 0.25) is 18.1 Å². The number of ether oxygens (including phenoxy) is 4. The van der Waals surface area contributed by atoms with E-state index in [-0.39, 0.29) is 34.7 Å². The molecular weight excluding hydrogens is 560 g/mol. The Bertz CT molecular complexity index is 1280. The molecule has 1 saturated heterocycles. The molecule has 0 saturated carbocycles. The number of hydrogen-bond acceptors (Lipinski definition) is 10. The number of rotatable bonds is 10. The third-order valence-electron chi connectivity index (χ3n) is 9.17. The van der Waals surface area contributed by atoms with Crippen molar-refractivity contribution in [1.29, 1.82) is 0 Å². The molecule has 42 heavy (non-hydrogen) atoms. The van der Waals surface area contributed by atoms with Gasteiger partial charge in [0.2, 0.25) is 5.75 Å². The maximum absolute atomic E-state index is 13.5. The number of carbonyl (C=O) groups is 1. The van der Waals surface area contributed by atoms with Crippen molar-refractivity contribution in [1.82, 2.24) is 0 Å². The van der Waals surface area contributed by atoms with Crippen molar-refractivity contribution in [2.75, 3.05) is 41.2 Å². The van der Waals surface area contributed by atoms with Crippen molar-refractivity contribution < 1.29 is 48.6 Å². The van der Waals surface area contributed by atoms with Gasteiger partial charge in [-0.05, 0) is 64.1 Å². The van der Waals surface area contributed by atoms with Crippen molar-refractivity contribution in [2.24, 2.45) is 11.8 Å². The van der Waals surface area contributed by atoms with Gasteiger partial charge in [-0.25, -0.2) is 0 Å². The van der Waals surface area contributed by atoms with Crippen LogP contribution < -0.4 is 14.2 Å². The highest BCUT2D eigenvalue weighted by Gasteiger charge is 2.55. The third kappa shape index (κ3) is 5.54. The Morgan fingerprint density at radius 2 is 1.43 bits per heavy atom. The predicted molar refractivity (Wildman–Crippen MR) is 157 cm³/mol. The molecule has 4 rings (SSSR count). The van der Waals surface area contributed by atoms with E-state index < -0.39 is 51.7 Å². The molecule has 2 aromatic carbocycles. The molecule has 11 heteroatoms. The van der Waals surface area contributed by atoms with Gasteiger partial charge in [0.25, 0.3) is 0 Å². The Hall–Kier alpha value is -2.67. The molecule has 1 aliphatic carbocycles. The first-order valence-electron chi connectivity index (χ1n) is 14.1. The van der Waals surface area contributed by atoms with Crippen LogP contribution >= 0.6 is 0 Å². The second kappa shape index (κ2) is 12.1. The summed E-state index contributed by atoms with van der Waals surface area (Å²) >= 11 is 0. The number of aliphatic hydroxyl groups is 4. The molecule has 0 bridgehead atoms. The first kappa shape index (κ1) is 32.2. The van der Waals surface area contributed by atoms with E-state index in [1.165, 1.54) is 21.3 Å². The highest BCUT2D eigenvalue weighted by Crippen LogP contribution is 2.57. The van der Waals surface area contributed by atoms with Crippen molar-refractivity contribution in [2.45, 2.75) is 63.1 Å². The number of carbonyl (C=O) groups excluding carboxylic acids is 1. The monoisotopic (exact) mass is 604 g/mol. The lowest BCUT2D eigenvalue weighted by atomic mass is 9.65. The van der Waals surface area contributed by atoms with Gasteiger partial charge in [-0.1, -0.05) is 26.8 Å². The minimum absolute atomic E-state index is 0.139. The van der Waals surface area contributed by atoms with Crippen molar-refractivity contribution >= 4 is 14.3 Å². The van der Waals surface area contributed by atoms with Crippen LogP contribution in [0.4, 0.5) is 0 Å². The first-order chi connectivity index (χ1) is 19.7. The van der Waals surface area contributed by atoms with E-state index in [1.807, 2.05) is 0 Å². The summed E-state index contributed by atoms with van der Waals surface area (Å²) in [6, 6.07) is 7.05. The highest BCUT2D eigenvalue weighted by atomic mass is 28.4. The van der Waals surface area contributed by atoms with E-state index in [1.54, 1.807) is 24.3 Å². The van der Waals surface area contributed by atoms with E-state index in [0.717, 1.165) is 5.56 Å². The van der Waals surface area contributed by atoms with Crippen LogP contribution in [-0.4, -0.2) is 75.9 Å². The van der Waals surface area contributed by atoms with E-state index in [4.69, 9.17) is 23.4 Å². The topological polar surface area (TPSA) is 144 Å². The van der Waals surface area contributed by atoms with Crippen LogP contribution in [0.3, 0.4) is 0 Å². The number of benzene rings is 2. The summed E-state index contributed by atoms with van der Waals surface area (Å²) < 4.78 is 29.5. The Balaban J connectivity index is 2.07. The molecule has 0 spiro atoms. The van der Waals surface area contributed by atoms with Gasteiger partial charge in [0.15, 0.2) is 19.8 Å². The van der Waals surface area contributed by atoms with E-state index in [0.29, 0.717) is 28.4 Å². The SMILES string of the molecule is COc1cc([C@@H]2c3cc(C(O)CO)c(C(O)CO)cc3[C@H](O[Si](C)(C)C(C)(C)C)[C@H]3COC(=O)[C@H]23)cc(OC)c1OC. The number of esters is 1. The van der Waals surface area contributed by atoms with E-state index >= 15 is 0 Å². The molecule has 0 amide bonds. The molecule has 0 aromatic heterocycles. The summed E-state index contributed by atoms with van der Waals surface area (Å²) in [6.45, 7) is 9.65. The van der Waals surface area contributed by atoms with Crippen LogP contribution in [0.5, 0.6) is 17.2 Å². The molecule has 1 aliphatic heterocycles. The highest BCUT2D eigenvalue weighted by molar-refractivity contribution is 6.74. The third-order valence-corrected chi connectivity index (χ3v) is 13.6. The fraction of sp³-hybridized carbons (Fsp3) is 0.581. The lowest BCUT2D eigenvalue weighted by Gasteiger charge is -2.46. The maximum Gasteiger partial charge on any atom is 0.310 e. The number of methoxy groups -OCH3 is 3. The van der Waals surface area contributed by atoms with Gasteiger partial charge in [0.05, 0.1) is 53.2 Å². The van der Waals surface area contributed by atoms with E-state index in [2.05, 4.69) is 33.9 Å². The number of fused-ring (bicyclic) bond motifs is 2. The molecule has 2 unspecified atom stereocenters. The molecule has 0 radical (unpaired) electrons. The van der Waals surface area contributed by atoms with Gasteiger partial charge in [0.1, 0.15) is 12.2 Å². The lowest BCUT2D eigenvalue weighted by molar-refractivity contribution is -0.141. The summed E-state index contributed by atoms with van der Waals surface area (Å²) in [7, 11) is 2.14. The molecule has 6 atom stereocenters. The Kier molecular flexibility index (Phi) is 9.32. The Labute approximate surface area is 248 Å². The largest absolute Gasteiger partial charge is 0.493 e. The molecule has 4 N–H and O–H groups in total. The summed E-state index contributed by atoms with van der Waals surface area (Å²) in [6.07, 6.45) is -3.19. The molecule has 232 valence electrons. The molecule has 1 heterocycles. The normalized spacial score (nSPS) is 23.5. The van der Waals surface area contributed by atoms with Crippen molar-refractivity contribution in [3.8, 4) is 17.2 Å². The fourth-order valence-electron chi connectivity index (χ4n) is 5.91. The van der Waals surface area contributed by atoms with Gasteiger partial charge in [-0.15, -0.1) is 0 Å². The average Bonchev–Trinajstić information content (AvgIpc) is 3.34. The minimum Gasteiger partial charge on any atom is -0.493 e. The second-order valence-electron chi connectivity index (χ2n) is 12.6. The summed E-state index contributed by atoms with van der Waals surface area (Å²) in [4.78, 5) is 13.5. The van der Waals surface area contributed by atoms with Crippen molar-refractivity contribution in [3.63, 3.8) is 0 Å². The van der Waals surface area contributed by atoms with Gasteiger partial charge in [-0.2, -0.15) is 0 Å². The van der Waals surface area contributed by atoms with Crippen molar-refractivity contribution in [3.05, 3.63) is 52.1 Å². The molecule has 2 aromatic rings. The average molecular weight is 605 g/mol. The Morgan fingerprint density at radius 1 is 0.905 bits per heavy atom. The van der Waals surface area contributed by atoms with Gasteiger partial charge in [-0.3, -0.25) is 4.79 Å². The van der Waals surface area contributed by atoms with Crippen LogP contribution in [-0.2, 0) is 14.0 Å². The zero-order chi connectivity index (χ0) is 31.1. The zero-order valence-corrected chi connectivity index (χ0v) is 26.6. The molecule has 1 fully saturated rings. The van der Waals surface area contributed by atoms with Crippen LogP contribution in [0.1, 0.15) is 72.8 Å². The lowest BCUT2D eigenvalue weighted by Crippen LogP contribution is -2.46. The summed E-state index contributed by atoms with van der Waals surface area (Å²) in [5.41, 5.74) is 2.66. The Morgan fingerprint density at radius 3 is 1.88 bits per heavy atom. The molecule has 10 nitrogen and oxygen atoms in total. The van der Waals surface area contributed by atoms with Gasteiger partial charge in [0, 0.05) is 11.8 Å².